The highest BCUT2D eigenvalue weighted by molar-refractivity contribution is 5.83. The van der Waals surface area contributed by atoms with Crippen LogP contribution in [0.2, 0.25) is 0 Å². The highest BCUT2D eigenvalue weighted by Crippen LogP contribution is 2.23. The SMILES string of the molecule is CN1C(=O)CN(c2ccccc2C#N)CC1CCN. The fourth-order valence-electron chi connectivity index (χ4n) is 2.42. The summed E-state index contributed by atoms with van der Waals surface area (Å²) >= 11 is 0. The van der Waals surface area contributed by atoms with E-state index in [1.807, 2.05) is 30.1 Å². The predicted octanol–water partition coefficient (Wildman–Crippen LogP) is 0.554. The van der Waals surface area contributed by atoms with Crippen molar-refractivity contribution in [3.63, 3.8) is 0 Å². The second kappa shape index (κ2) is 5.72. The molecule has 2 rings (SSSR count). The number of amides is 1. The van der Waals surface area contributed by atoms with Gasteiger partial charge in [0.15, 0.2) is 0 Å². The minimum absolute atomic E-state index is 0.0671. The summed E-state index contributed by atoms with van der Waals surface area (Å²) in [5.74, 6) is 0.0671. The molecular weight excluding hydrogens is 240 g/mol. The molecule has 1 heterocycles. The number of nitriles is 1. The molecule has 1 aromatic carbocycles. The lowest BCUT2D eigenvalue weighted by molar-refractivity contribution is -0.132. The van der Waals surface area contributed by atoms with Crippen LogP contribution < -0.4 is 10.6 Å². The lowest BCUT2D eigenvalue weighted by Crippen LogP contribution is -2.55. The maximum absolute atomic E-state index is 12.0. The second-order valence-corrected chi connectivity index (χ2v) is 4.75. The van der Waals surface area contributed by atoms with E-state index in [0.29, 0.717) is 18.7 Å². The number of nitrogens with two attached hydrogens (primary N) is 1. The van der Waals surface area contributed by atoms with Crippen molar-refractivity contribution in [3.8, 4) is 6.07 Å². The van der Waals surface area contributed by atoms with Gasteiger partial charge in [-0.15, -0.1) is 0 Å². The molecule has 1 unspecified atom stereocenters. The number of para-hydroxylation sites is 1. The van der Waals surface area contributed by atoms with Crippen molar-refractivity contribution in [2.45, 2.75) is 12.5 Å². The first-order valence-electron chi connectivity index (χ1n) is 6.37. The molecule has 100 valence electrons. The van der Waals surface area contributed by atoms with Crippen LogP contribution in [0.1, 0.15) is 12.0 Å². The van der Waals surface area contributed by atoms with Crippen molar-refractivity contribution < 1.29 is 4.79 Å². The zero-order valence-corrected chi connectivity index (χ0v) is 11.0. The first-order chi connectivity index (χ1) is 9.17. The number of benzene rings is 1. The number of likely N-dealkylation sites (N-methyl/N-ethyl adjacent to an activating group) is 1. The number of piperazine rings is 1. The van der Waals surface area contributed by atoms with Crippen molar-refractivity contribution in [1.29, 1.82) is 5.26 Å². The molecule has 1 fully saturated rings. The van der Waals surface area contributed by atoms with E-state index in [4.69, 9.17) is 11.0 Å². The van der Waals surface area contributed by atoms with E-state index in [1.165, 1.54) is 0 Å². The number of hydrogen-bond donors (Lipinski definition) is 1. The Kier molecular flexibility index (Phi) is 4.03. The largest absolute Gasteiger partial charge is 0.359 e. The van der Waals surface area contributed by atoms with Gasteiger partial charge in [0, 0.05) is 13.6 Å². The van der Waals surface area contributed by atoms with Crippen molar-refractivity contribution in [3.05, 3.63) is 29.8 Å². The number of anilines is 1. The van der Waals surface area contributed by atoms with E-state index in [0.717, 1.165) is 18.7 Å². The van der Waals surface area contributed by atoms with E-state index < -0.39 is 0 Å². The lowest BCUT2D eigenvalue weighted by Gasteiger charge is -2.40. The van der Waals surface area contributed by atoms with E-state index in [2.05, 4.69) is 6.07 Å². The summed E-state index contributed by atoms with van der Waals surface area (Å²) in [7, 11) is 1.82. The maximum Gasteiger partial charge on any atom is 0.242 e. The minimum Gasteiger partial charge on any atom is -0.359 e. The summed E-state index contributed by atoms with van der Waals surface area (Å²) < 4.78 is 0. The van der Waals surface area contributed by atoms with Gasteiger partial charge in [0.2, 0.25) is 5.91 Å². The van der Waals surface area contributed by atoms with Gasteiger partial charge in [0.05, 0.1) is 23.8 Å². The number of nitrogens with zero attached hydrogens (tertiary/aromatic N) is 3. The number of carbonyl (C=O) groups excluding carboxylic acids is 1. The molecule has 1 aliphatic rings. The second-order valence-electron chi connectivity index (χ2n) is 4.75. The molecule has 1 aromatic rings. The topological polar surface area (TPSA) is 73.4 Å². The quantitative estimate of drug-likeness (QED) is 0.859. The average Bonchev–Trinajstić information content (AvgIpc) is 2.43. The minimum atomic E-state index is 0.0671. The molecule has 5 nitrogen and oxygen atoms in total. The van der Waals surface area contributed by atoms with Gasteiger partial charge in [0.25, 0.3) is 0 Å². The fraction of sp³-hybridized carbons (Fsp3) is 0.429. The highest BCUT2D eigenvalue weighted by atomic mass is 16.2. The Morgan fingerprint density at radius 2 is 2.21 bits per heavy atom. The van der Waals surface area contributed by atoms with E-state index >= 15 is 0 Å². The Hall–Kier alpha value is -2.06. The fourth-order valence-corrected chi connectivity index (χ4v) is 2.42. The molecule has 2 N–H and O–H groups in total. The molecule has 1 aliphatic heterocycles. The van der Waals surface area contributed by atoms with Crippen LogP contribution in [0.4, 0.5) is 5.69 Å². The third kappa shape index (κ3) is 2.69. The van der Waals surface area contributed by atoms with Crippen molar-refractivity contribution in [2.75, 3.05) is 31.6 Å². The van der Waals surface area contributed by atoms with Gasteiger partial charge < -0.3 is 15.5 Å². The monoisotopic (exact) mass is 258 g/mol. The molecule has 0 aliphatic carbocycles. The summed E-state index contributed by atoms with van der Waals surface area (Å²) in [4.78, 5) is 15.8. The third-order valence-electron chi connectivity index (χ3n) is 3.56. The van der Waals surface area contributed by atoms with Crippen molar-refractivity contribution >= 4 is 11.6 Å². The summed E-state index contributed by atoms with van der Waals surface area (Å²) in [6.07, 6.45) is 0.771. The molecule has 0 bridgehead atoms. The summed E-state index contributed by atoms with van der Waals surface area (Å²) in [5, 5.41) is 9.14. The molecule has 0 saturated carbocycles. The van der Waals surface area contributed by atoms with Crippen LogP contribution in [0.15, 0.2) is 24.3 Å². The maximum atomic E-state index is 12.0. The summed E-state index contributed by atoms with van der Waals surface area (Å²) in [6, 6.07) is 9.66. The third-order valence-corrected chi connectivity index (χ3v) is 3.56. The Bertz CT molecular complexity index is 508. The van der Waals surface area contributed by atoms with E-state index in [1.54, 1.807) is 11.0 Å². The van der Waals surface area contributed by atoms with E-state index in [9.17, 15) is 4.79 Å². The van der Waals surface area contributed by atoms with Gasteiger partial charge in [-0.05, 0) is 25.1 Å². The molecule has 1 amide bonds. The van der Waals surface area contributed by atoms with Crippen LogP contribution in [-0.4, -0.2) is 43.5 Å². The summed E-state index contributed by atoms with van der Waals surface area (Å²) in [5.41, 5.74) is 7.03. The standard InChI is InChI=1S/C14H18N4O/c1-17-12(6-7-15)9-18(10-14(17)19)13-5-3-2-4-11(13)8-16/h2-5,12H,6-7,9-10,15H2,1H3. The van der Waals surface area contributed by atoms with Gasteiger partial charge in [-0.25, -0.2) is 0 Å². The van der Waals surface area contributed by atoms with Crippen LogP contribution >= 0.6 is 0 Å². The highest BCUT2D eigenvalue weighted by Gasteiger charge is 2.30. The molecular formula is C14H18N4O. The van der Waals surface area contributed by atoms with Gasteiger partial charge in [-0.1, -0.05) is 12.1 Å². The van der Waals surface area contributed by atoms with Crippen LogP contribution in [0.5, 0.6) is 0 Å². The molecule has 1 saturated heterocycles. The van der Waals surface area contributed by atoms with Crippen LogP contribution in [0.3, 0.4) is 0 Å². The lowest BCUT2D eigenvalue weighted by atomic mass is 10.1. The molecule has 0 radical (unpaired) electrons. The Labute approximate surface area is 113 Å². The Morgan fingerprint density at radius 1 is 1.47 bits per heavy atom. The molecule has 1 atom stereocenters. The first-order valence-corrected chi connectivity index (χ1v) is 6.37. The normalized spacial score (nSPS) is 19.4. The smallest absolute Gasteiger partial charge is 0.242 e. The Balaban J connectivity index is 2.26. The molecule has 5 heteroatoms. The van der Waals surface area contributed by atoms with Gasteiger partial charge >= 0.3 is 0 Å². The number of hydrogen-bond acceptors (Lipinski definition) is 4. The van der Waals surface area contributed by atoms with Gasteiger partial charge in [-0.3, -0.25) is 4.79 Å². The predicted molar refractivity (Wildman–Crippen MR) is 73.6 cm³/mol. The van der Waals surface area contributed by atoms with Gasteiger partial charge in [-0.2, -0.15) is 5.26 Å². The zero-order chi connectivity index (χ0) is 13.8. The van der Waals surface area contributed by atoms with Crippen LogP contribution in [-0.2, 0) is 4.79 Å². The van der Waals surface area contributed by atoms with Crippen molar-refractivity contribution in [1.82, 2.24) is 4.90 Å². The Morgan fingerprint density at radius 3 is 2.89 bits per heavy atom. The van der Waals surface area contributed by atoms with Crippen LogP contribution in [0.25, 0.3) is 0 Å². The average molecular weight is 258 g/mol. The van der Waals surface area contributed by atoms with Crippen molar-refractivity contribution in [2.24, 2.45) is 5.73 Å². The number of rotatable bonds is 3. The first kappa shape index (κ1) is 13.4. The van der Waals surface area contributed by atoms with E-state index in [-0.39, 0.29) is 11.9 Å². The number of carbonyl (C=O) groups is 1. The molecule has 19 heavy (non-hydrogen) atoms. The zero-order valence-electron chi connectivity index (χ0n) is 11.0. The molecule has 0 spiro atoms. The molecule has 0 aromatic heterocycles. The van der Waals surface area contributed by atoms with Gasteiger partial charge in [0.1, 0.15) is 6.07 Å². The van der Waals surface area contributed by atoms with Crippen LogP contribution in [0, 0.1) is 11.3 Å². The summed E-state index contributed by atoms with van der Waals surface area (Å²) in [6.45, 7) is 1.59.